The van der Waals surface area contributed by atoms with Crippen molar-refractivity contribution in [2.45, 2.75) is 67.4 Å². The summed E-state index contributed by atoms with van der Waals surface area (Å²) in [6, 6.07) is 7.46. The Morgan fingerprint density at radius 3 is 2.23 bits per heavy atom. The van der Waals surface area contributed by atoms with E-state index in [0.717, 1.165) is 50.8 Å². The number of hydrogen-bond acceptors (Lipinski definition) is 4. The van der Waals surface area contributed by atoms with E-state index in [-0.39, 0.29) is 0 Å². The number of hydrogen-bond donors (Lipinski definition) is 1. The molecule has 0 aliphatic carbocycles. The second kappa shape index (κ2) is 25.3. The van der Waals surface area contributed by atoms with Crippen LogP contribution < -0.4 is 0 Å². The number of rotatable bonds is 7. The van der Waals surface area contributed by atoms with E-state index in [4.69, 9.17) is 14.6 Å². The van der Waals surface area contributed by atoms with Crippen molar-refractivity contribution in [3.8, 4) is 0 Å². The van der Waals surface area contributed by atoms with Crippen molar-refractivity contribution in [1.29, 1.82) is 0 Å². The lowest BCUT2D eigenvalue weighted by Crippen LogP contribution is -2.16. The first-order chi connectivity index (χ1) is 14.5. The molecule has 1 aromatic rings. The standard InChI is InChI=1S/C13H22O2.C8H8O.2C2H6.CH4O/c1-11(2)6-7-12(3)9-14-10-13-5-4-8-15-13;1-7-2-4-8(6-9)5-3-7;3*1-2/h6-7,12-13H,1,4-5,8-10H2,2-3H3;2-6H,1H3;2*1-2H3;2H,1H3/b7-6-;;;;. The summed E-state index contributed by atoms with van der Waals surface area (Å²) >= 11 is 0. The second-order valence-electron chi connectivity index (χ2n) is 6.38. The smallest absolute Gasteiger partial charge is 0.150 e. The van der Waals surface area contributed by atoms with Crippen LogP contribution in [0, 0.1) is 12.8 Å². The average Bonchev–Trinajstić information content (AvgIpc) is 3.31. The molecule has 0 bridgehead atoms. The molecule has 1 N–H and O–H groups in total. The van der Waals surface area contributed by atoms with E-state index >= 15 is 0 Å². The van der Waals surface area contributed by atoms with Crippen LogP contribution in [0.2, 0.25) is 0 Å². The maximum absolute atomic E-state index is 10.1. The highest BCUT2D eigenvalue weighted by Crippen LogP contribution is 2.12. The Balaban J connectivity index is -0.000000415. The third-order valence-electron chi connectivity index (χ3n) is 3.63. The molecule has 1 fully saturated rings. The molecule has 2 unspecified atom stereocenters. The molecule has 1 aliphatic heterocycles. The number of benzene rings is 1. The Kier molecular flexibility index (Phi) is 27.7. The number of carbonyl (C=O) groups is 1. The molecule has 4 heteroatoms. The van der Waals surface area contributed by atoms with Crippen molar-refractivity contribution in [1.82, 2.24) is 0 Å². The summed E-state index contributed by atoms with van der Waals surface area (Å²) < 4.78 is 11.1. The average molecular weight is 423 g/mol. The van der Waals surface area contributed by atoms with Gasteiger partial charge in [0.2, 0.25) is 0 Å². The van der Waals surface area contributed by atoms with Gasteiger partial charge in [-0.05, 0) is 32.6 Å². The first-order valence-electron chi connectivity index (χ1n) is 11.0. The van der Waals surface area contributed by atoms with Crippen molar-refractivity contribution in [2.24, 2.45) is 5.92 Å². The van der Waals surface area contributed by atoms with Gasteiger partial charge in [0, 0.05) is 19.3 Å². The van der Waals surface area contributed by atoms with Gasteiger partial charge in [-0.1, -0.05) is 88.8 Å². The van der Waals surface area contributed by atoms with Crippen LogP contribution in [0.4, 0.5) is 0 Å². The SMILES string of the molecule is C=C(C)/C=C\C(C)COCC1CCCO1.CC.CC.CO.Cc1ccc(C=O)cc1. The fraction of sp³-hybridized carbons (Fsp3) is 0.577. The summed E-state index contributed by atoms with van der Waals surface area (Å²) in [5.41, 5.74) is 3.00. The summed E-state index contributed by atoms with van der Waals surface area (Å²) in [6.45, 7) is 20.4. The molecule has 2 rings (SSSR count). The number of allylic oxidation sites excluding steroid dienone is 2. The Labute approximate surface area is 186 Å². The van der Waals surface area contributed by atoms with Crippen LogP contribution in [0.15, 0.2) is 48.6 Å². The Hall–Kier alpha value is -1.75. The third kappa shape index (κ3) is 21.0. The number of ether oxygens (including phenoxy) is 2. The Morgan fingerprint density at radius 2 is 1.80 bits per heavy atom. The second-order valence-corrected chi connectivity index (χ2v) is 6.38. The van der Waals surface area contributed by atoms with Crippen molar-refractivity contribution >= 4 is 6.29 Å². The van der Waals surface area contributed by atoms with Crippen LogP contribution in [0.5, 0.6) is 0 Å². The number of aliphatic hydroxyl groups is 1. The molecule has 0 radical (unpaired) electrons. The zero-order chi connectivity index (χ0) is 23.8. The van der Waals surface area contributed by atoms with E-state index in [1.807, 2.05) is 71.9 Å². The maximum atomic E-state index is 10.1. The quantitative estimate of drug-likeness (QED) is 0.407. The van der Waals surface area contributed by atoms with Crippen LogP contribution >= 0.6 is 0 Å². The van der Waals surface area contributed by atoms with Gasteiger partial charge in [-0.3, -0.25) is 4.79 Å². The molecule has 0 saturated carbocycles. The lowest BCUT2D eigenvalue weighted by atomic mass is 10.1. The van der Waals surface area contributed by atoms with Gasteiger partial charge in [0.1, 0.15) is 6.29 Å². The van der Waals surface area contributed by atoms with Gasteiger partial charge in [-0.2, -0.15) is 0 Å². The van der Waals surface area contributed by atoms with E-state index in [9.17, 15) is 4.79 Å². The van der Waals surface area contributed by atoms with Crippen molar-refractivity contribution in [2.75, 3.05) is 26.9 Å². The summed E-state index contributed by atoms with van der Waals surface area (Å²) in [6.07, 6.45) is 7.69. The molecule has 0 spiro atoms. The minimum Gasteiger partial charge on any atom is -0.400 e. The molecule has 0 amide bonds. The van der Waals surface area contributed by atoms with Gasteiger partial charge in [0.05, 0.1) is 19.3 Å². The van der Waals surface area contributed by atoms with E-state index in [2.05, 4.69) is 19.6 Å². The highest BCUT2D eigenvalue weighted by molar-refractivity contribution is 5.74. The van der Waals surface area contributed by atoms with Crippen LogP contribution in [0.3, 0.4) is 0 Å². The van der Waals surface area contributed by atoms with Crippen LogP contribution in [-0.2, 0) is 9.47 Å². The number of aldehydes is 1. The summed E-state index contributed by atoms with van der Waals surface area (Å²) in [5, 5.41) is 7.00. The highest BCUT2D eigenvalue weighted by atomic mass is 16.5. The number of aryl methyl sites for hydroxylation is 1. The first-order valence-corrected chi connectivity index (χ1v) is 11.0. The van der Waals surface area contributed by atoms with Gasteiger partial charge < -0.3 is 14.6 Å². The largest absolute Gasteiger partial charge is 0.400 e. The number of carbonyl (C=O) groups excluding carboxylic acids is 1. The maximum Gasteiger partial charge on any atom is 0.150 e. The van der Waals surface area contributed by atoms with E-state index in [1.54, 1.807) is 0 Å². The minimum absolute atomic E-state index is 0.335. The molecule has 2 atom stereocenters. The third-order valence-corrected chi connectivity index (χ3v) is 3.63. The number of aliphatic hydroxyl groups excluding tert-OH is 1. The summed E-state index contributed by atoms with van der Waals surface area (Å²) in [5.74, 6) is 0.447. The van der Waals surface area contributed by atoms with E-state index in [1.165, 1.54) is 12.0 Å². The molecule has 4 nitrogen and oxygen atoms in total. The Bertz CT molecular complexity index is 514. The predicted molar refractivity (Wildman–Crippen MR) is 130 cm³/mol. The van der Waals surface area contributed by atoms with Crippen molar-refractivity contribution in [3.63, 3.8) is 0 Å². The normalized spacial score (nSPS) is 15.0. The van der Waals surface area contributed by atoms with E-state index < -0.39 is 0 Å². The van der Waals surface area contributed by atoms with Crippen molar-refractivity contribution in [3.05, 3.63) is 59.7 Å². The molecular formula is C26H46O4. The minimum atomic E-state index is 0.335. The summed E-state index contributed by atoms with van der Waals surface area (Å²) in [4.78, 5) is 10.1. The zero-order valence-electron chi connectivity index (χ0n) is 20.6. The predicted octanol–water partition coefficient (Wildman–Crippen LogP) is 6.42. The van der Waals surface area contributed by atoms with Crippen LogP contribution in [0.1, 0.15) is 70.3 Å². The molecular weight excluding hydrogens is 376 g/mol. The molecule has 30 heavy (non-hydrogen) atoms. The van der Waals surface area contributed by atoms with Gasteiger partial charge in [0.25, 0.3) is 0 Å². The lowest BCUT2D eigenvalue weighted by molar-refractivity contribution is 0.0113. The molecule has 1 heterocycles. The fourth-order valence-electron chi connectivity index (χ4n) is 2.19. The van der Waals surface area contributed by atoms with Gasteiger partial charge in [-0.25, -0.2) is 0 Å². The monoisotopic (exact) mass is 422 g/mol. The van der Waals surface area contributed by atoms with Gasteiger partial charge in [-0.15, -0.1) is 0 Å². The van der Waals surface area contributed by atoms with E-state index in [0.29, 0.717) is 12.0 Å². The fourth-order valence-corrected chi connectivity index (χ4v) is 2.19. The van der Waals surface area contributed by atoms with Gasteiger partial charge in [0.15, 0.2) is 0 Å². The zero-order valence-corrected chi connectivity index (χ0v) is 20.6. The molecule has 1 aromatic carbocycles. The van der Waals surface area contributed by atoms with Crippen LogP contribution in [-0.4, -0.2) is 44.4 Å². The molecule has 1 saturated heterocycles. The Morgan fingerprint density at radius 1 is 1.23 bits per heavy atom. The lowest BCUT2D eigenvalue weighted by Gasteiger charge is -2.12. The van der Waals surface area contributed by atoms with Crippen molar-refractivity contribution < 1.29 is 19.4 Å². The molecule has 1 aliphatic rings. The topological polar surface area (TPSA) is 55.8 Å². The highest BCUT2D eigenvalue weighted by Gasteiger charge is 2.15. The summed E-state index contributed by atoms with van der Waals surface area (Å²) in [7, 11) is 1.00. The molecule has 174 valence electrons. The molecule has 0 aromatic heterocycles. The van der Waals surface area contributed by atoms with Gasteiger partial charge >= 0.3 is 0 Å². The van der Waals surface area contributed by atoms with Crippen LogP contribution in [0.25, 0.3) is 0 Å². The first kappa shape index (κ1) is 32.9.